The van der Waals surface area contributed by atoms with Crippen LogP contribution in [-0.2, 0) is 19.4 Å². The van der Waals surface area contributed by atoms with Crippen molar-refractivity contribution in [2.45, 2.75) is 53.0 Å². The van der Waals surface area contributed by atoms with Crippen LogP contribution in [0.15, 0.2) is 12.3 Å². The molecule has 0 saturated heterocycles. The van der Waals surface area contributed by atoms with Gasteiger partial charge in [0, 0.05) is 18.4 Å². The molecule has 74 valence electrons. The van der Waals surface area contributed by atoms with Crippen molar-refractivity contribution in [1.29, 1.82) is 0 Å². The zero-order valence-corrected chi connectivity index (χ0v) is 9.14. The van der Waals surface area contributed by atoms with Gasteiger partial charge in [0.15, 0.2) is 0 Å². The third-order valence-corrected chi connectivity index (χ3v) is 2.43. The number of aryl methyl sites for hydroxylation is 3. The van der Waals surface area contributed by atoms with E-state index in [2.05, 4.69) is 37.6 Å². The minimum atomic E-state index is 1.11. The van der Waals surface area contributed by atoms with Crippen molar-refractivity contribution in [3.8, 4) is 0 Å². The van der Waals surface area contributed by atoms with Gasteiger partial charge < -0.3 is 4.57 Å². The molecule has 1 aromatic rings. The van der Waals surface area contributed by atoms with Crippen LogP contribution < -0.4 is 0 Å². The minimum absolute atomic E-state index is 1.11. The van der Waals surface area contributed by atoms with Gasteiger partial charge in [-0.2, -0.15) is 0 Å². The molecule has 1 heteroatoms. The van der Waals surface area contributed by atoms with Crippen LogP contribution in [0.3, 0.4) is 0 Å². The van der Waals surface area contributed by atoms with Gasteiger partial charge in [-0.25, -0.2) is 0 Å². The predicted molar refractivity (Wildman–Crippen MR) is 58.1 cm³/mol. The molecular formula is C12H21N. The molecule has 0 aliphatic rings. The molecule has 0 spiro atoms. The molecule has 0 amide bonds. The number of aromatic nitrogens is 1. The molecule has 0 unspecified atom stereocenters. The highest BCUT2D eigenvalue weighted by molar-refractivity contribution is 5.19. The summed E-state index contributed by atoms with van der Waals surface area (Å²) in [5, 5.41) is 0. The second-order valence-corrected chi connectivity index (χ2v) is 3.63. The van der Waals surface area contributed by atoms with Crippen LogP contribution in [-0.4, -0.2) is 4.57 Å². The minimum Gasteiger partial charge on any atom is -0.351 e. The largest absolute Gasteiger partial charge is 0.351 e. The van der Waals surface area contributed by atoms with E-state index in [4.69, 9.17) is 0 Å². The highest BCUT2D eigenvalue weighted by Gasteiger charge is 2.02. The Morgan fingerprint density at radius 2 is 1.77 bits per heavy atom. The summed E-state index contributed by atoms with van der Waals surface area (Å²) in [7, 11) is 0. The van der Waals surface area contributed by atoms with E-state index < -0.39 is 0 Å². The lowest BCUT2D eigenvalue weighted by Gasteiger charge is -2.03. The maximum absolute atomic E-state index is 2.38. The van der Waals surface area contributed by atoms with Gasteiger partial charge in [-0.3, -0.25) is 0 Å². The molecule has 0 saturated carbocycles. The molecule has 0 aliphatic carbocycles. The van der Waals surface area contributed by atoms with Crippen LogP contribution in [0.5, 0.6) is 0 Å². The van der Waals surface area contributed by atoms with Crippen molar-refractivity contribution in [2.75, 3.05) is 0 Å². The first kappa shape index (κ1) is 10.4. The molecule has 1 aromatic heterocycles. The van der Waals surface area contributed by atoms with Gasteiger partial charge in [-0.1, -0.05) is 26.7 Å². The Morgan fingerprint density at radius 1 is 1.08 bits per heavy atom. The number of rotatable bonds is 5. The van der Waals surface area contributed by atoms with E-state index in [9.17, 15) is 0 Å². The number of hydrogen-bond donors (Lipinski definition) is 0. The van der Waals surface area contributed by atoms with Gasteiger partial charge >= 0.3 is 0 Å². The quantitative estimate of drug-likeness (QED) is 0.652. The second-order valence-electron chi connectivity index (χ2n) is 3.63. The summed E-state index contributed by atoms with van der Waals surface area (Å²) >= 11 is 0. The van der Waals surface area contributed by atoms with Gasteiger partial charge in [0.05, 0.1) is 0 Å². The van der Waals surface area contributed by atoms with Gasteiger partial charge in [0.25, 0.3) is 0 Å². The molecule has 0 bridgehead atoms. The van der Waals surface area contributed by atoms with Gasteiger partial charge in [-0.05, 0) is 31.4 Å². The predicted octanol–water partition coefficient (Wildman–Crippen LogP) is 3.41. The summed E-state index contributed by atoms with van der Waals surface area (Å²) in [6.07, 6.45) is 7.25. The fraction of sp³-hybridized carbons (Fsp3) is 0.667. The van der Waals surface area contributed by atoms with Crippen LogP contribution in [0, 0.1) is 0 Å². The van der Waals surface area contributed by atoms with Crippen molar-refractivity contribution in [2.24, 2.45) is 0 Å². The standard InChI is InChI=1S/C12H21N/c1-4-7-11-9-12(8-5-2)13(6-3)10-11/h9-10H,4-8H2,1-3H3. The number of hydrogen-bond acceptors (Lipinski definition) is 0. The van der Waals surface area contributed by atoms with Crippen molar-refractivity contribution < 1.29 is 0 Å². The Balaban J connectivity index is 2.77. The zero-order chi connectivity index (χ0) is 9.68. The van der Waals surface area contributed by atoms with E-state index in [-0.39, 0.29) is 0 Å². The number of nitrogens with zero attached hydrogens (tertiary/aromatic N) is 1. The zero-order valence-electron chi connectivity index (χ0n) is 9.14. The Hall–Kier alpha value is -0.720. The Morgan fingerprint density at radius 3 is 2.31 bits per heavy atom. The molecule has 0 N–H and O–H groups in total. The van der Waals surface area contributed by atoms with E-state index in [0.29, 0.717) is 0 Å². The van der Waals surface area contributed by atoms with E-state index >= 15 is 0 Å². The van der Waals surface area contributed by atoms with Gasteiger partial charge in [0.2, 0.25) is 0 Å². The van der Waals surface area contributed by atoms with Crippen LogP contribution in [0.1, 0.15) is 44.9 Å². The molecular weight excluding hydrogens is 158 g/mol. The third-order valence-electron chi connectivity index (χ3n) is 2.43. The van der Waals surface area contributed by atoms with Crippen molar-refractivity contribution in [1.82, 2.24) is 4.57 Å². The Labute approximate surface area is 81.8 Å². The molecule has 0 aliphatic heterocycles. The van der Waals surface area contributed by atoms with Crippen molar-refractivity contribution in [3.05, 3.63) is 23.5 Å². The molecule has 1 heterocycles. The summed E-state index contributed by atoms with van der Waals surface area (Å²) in [5.74, 6) is 0. The Kier molecular flexibility index (Phi) is 4.07. The van der Waals surface area contributed by atoms with Crippen molar-refractivity contribution >= 4 is 0 Å². The molecule has 1 nitrogen and oxygen atoms in total. The lowest BCUT2D eigenvalue weighted by Crippen LogP contribution is -1.97. The first-order valence-electron chi connectivity index (χ1n) is 5.49. The molecule has 0 aromatic carbocycles. The summed E-state index contributed by atoms with van der Waals surface area (Å²) < 4.78 is 2.38. The molecule has 0 fully saturated rings. The van der Waals surface area contributed by atoms with Gasteiger partial charge in [0.1, 0.15) is 0 Å². The molecule has 0 radical (unpaired) electrons. The second kappa shape index (κ2) is 5.11. The third kappa shape index (κ3) is 2.61. The summed E-state index contributed by atoms with van der Waals surface area (Å²) in [6.45, 7) is 7.81. The normalized spacial score (nSPS) is 10.7. The first-order chi connectivity index (χ1) is 6.31. The maximum atomic E-state index is 2.38. The SMILES string of the molecule is CCCc1cc(CCC)n(CC)c1. The fourth-order valence-corrected chi connectivity index (χ4v) is 1.81. The van der Waals surface area contributed by atoms with E-state index in [1.807, 2.05) is 0 Å². The fourth-order valence-electron chi connectivity index (χ4n) is 1.81. The van der Waals surface area contributed by atoms with Crippen LogP contribution in [0.4, 0.5) is 0 Å². The van der Waals surface area contributed by atoms with E-state index in [1.54, 1.807) is 0 Å². The van der Waals surface area contributed by atoms with Crippen molar-refractivity contribution in [3.63, 3.8) is 0 Å². The molecule has 1 rings (SSSR count). The van der Waals surface area contributed by atoms with Crippen LogP contribution in [0.2, 0.25) is 0 Å². The first-order valence-corrected chi connectivity index (χ1v) is 5.49. The summed E-state index contributed by atoms with van der Waals surface area (Å²) in [5.41, 5.74) is 3.02. The lowest BCUT2D eigenvalue weighted by molar-refractivity contribution is 0.700. The molecule has 13 heavy (non-hydrogen) atoms. The highest BCUT2D eigenvalue weighted by Crippen LogP contribution is 2.12. The highest BCUT2D eigenvalue weighted by atomic mass is 15.0. The lowest BCUT2D eigenvalue weighted by atomic mass is 10.2. The monoisotopic (exact) mass is 179 g/mol. The summed E-state index contributed by atoms with van der Waals surface area (Å²) in [6, 6.07) is 2.37. The maximum Gasteiger partial charge on any atom is 0.0193 e. The molecule has 0 atom stereocenters. The average Bonchev–Trinajstić information content (AvgIpc) is 2.49. The van der Waals surface area contributed by atoms with Gasteiger partial charge in [-0.15, -0.1) is 0 Å². The topological polar surface area (TPSA) is 4.93 Å². The van der Waals surface area contributed by atoms with Crippen LogP contribution in [0.25, 0.3) is 0 Å². The Bertz CT molecular complexity index is 248. The van der Waals surface area contributed by atoms with E-state index in [1.165, 1.54) is 36.9 Å². The van der Waals surface area contributed by atoms with E-state index in [0.717, 1.165) is 6.54 Å². The van der Waals surface area contributed by atoms with Crippen LogP contribution >= 0.6 is 0 Å². The smallest absolute Gasteiger partial charge is 0.0193 e. The average molecular weight is 179 g/mol. The summed E-state index contributed by atoms with van der Waals surface area (Å²) in [4.78, 5) is 0.